The fourth-order valence-corrected chi connectivity index (χ4v) is 2.78. The van der Waals surface area contributed by atoms with Gasteiger partial charge >= 0.3 is 0 Å². The van der Waals surface area contributed by atoms with Crippen molar-refractivity contribution in [3.8, 4) is 0 Å². The lowest BCUT2D eigenvalue weighted by Gasteiger charge is -2.32. The van der Waals surface area contributed by atoms with Gasteiger partial charge in [0.05, 0.1) is 0 Å². The topological polar surface area (TPSA) is 49.5 Å². The molecule has 104 valence electrons. The van der Waals surface area contributed by atoms with Crippen LogP contribution in [0.4, 0.5) is 0 Å². The van der Waals surface area contributed by atoms with Gasteiger partial charge in [0, 0.05) is 23.9 Å². The van der Waals surface area contributed by atoms with Crippen molar-refractivity contribution in [1.82, 2.24) is 5.06 Å². The minimum Gasteiger partial charge on any atom is -0.622 e. The first-order chi connectivity index (χ1) is 8.75. The normalized spacial score (nSPS) is 27.1. The lowest BCUT2D eigenvalue weighted by Crippen LogP contribution is -2.52. The van der Waals surface area contributed by atoms with Crippen LogP contribution in [0, 0.1) is 5.21 Å². The second kappa shape index (κ2) is 4.47. The third kappa shape index (κ3) is 1.95. The summed E-state index contributed by atoms with van der Waals surface area (Å²) in [5.41, 5.74) is -0.365. The summed E-state index contributed by atoms with van der Waals surface area (Å²) in [5.74, 6) is 0. The molecule has 0 unspecified atom stereocenters. The standard InChI is InChI=1S/C14H19ClN2O2/c1-5-14(4)16(18)12(13(2,3)17(14)19)10-6-8-11(15)9-7-10/h6-9,19H,5H2,1-4H3/t14-/m1/s1. The summed E-state index contributed by atoms with van der Waals surface area (Å²) in [6.07, 6.45) is 0.521. The molecule has 1 aromatic rings. The smallest absolute Gasteiger partial charge is 0.248 e. The first kappa shape index (κ1) is 14.3. The van der Waals surface area contributed by atoms with Crippen LogP contribution in [0.2, 0.25) is 5.02 Å². The summed E-state index contributed by atoms with van der Waals surface area (Å²) in [6.45, 7) is 7.30. The number of hydrogen-bond acceptors (Lipinski definition) is 3. The fraction of sp³-hybridized carbons (Fsp3) is 0.500. The van der Waals surface area contributed by atoms with Crippen molar-refractivity contribution in [2.75, 3.05) is 0 Å². The summed E-state index contributed by atoms with van der Waals surface area (Å²) in [5, 5.41) is 24.8. The van der Waals surface area contributed by atoms with Crippen LogP contribution < -0.4 is 0 Å². The van der Waals surface area contributed by atoms with Crippen molar-refractivity contribution in [1.29, 1.82) is 0 Å². The van der Waals surface area contributed by atoms with E-state index in [1.54, 1.807) is 31.2 Å². The Kier molecular flexibility index (Phi) is 3.37. The van der Waals surface area contributed by atoms with E-state index in [0.717, 1.165) is 15.4 Å². The van der Waals surface area contributed by atoms with Gasteiger partial charge in [0.2, 0.25) is 11.4 Å². The van der Waals surface area contributed by atoms with Crippen LogP contribution in [0.25, 0.3) is 0 Å². The van der Waals surface area contributed by atoms with Crippen molar-refractivity contribution in [3.05, 3.63) is 40.1 Å². The number of halogens is 1. The summed E-state index contributed by atoms with van der Waals surface area (Å²) < 4.78 is 0.913. The van der Waals surface area contributed by atoms with E-state index in [0.29, 0.717) is 17.2 Å². The molecule has 0 bridgehead atoms. The minimum atomic E-state index is -0.946. The van der Waals surface area contributed by atoms with Crippen LogP contribution in [0.3, 0.4) is 0 Å². The van der Waals surface area contributed by atoms with Crippen LogP contribution in [0.1, 0.15) is 39.7 Å². The molecule has 0 radical (unpaired) electrons. The molecule has 19 heavy (non-hydrogen) atoms. The first-order valence-electron chi connectivity index (χ1n) is 6.35. The minimum absolute atomic E-state index is 0.521. The second-order valence-electron chi connectivity index (χ2n) is 5.59. The third-order valence-corrected chi connectivity index (χ3v) is 4.25. The molecule has 0 saturated heterocycles. The molecular weight excluding hydrogens is 264 g/mol. The number of rotatable bonds is 2. The molecule has 0 amide bonds. The number of benzene rings is 1. The van der Waals surface area contributed by atoms with Gasteiger partial charge in [0.25, 0.3) is 0 Å². The third-order valence-electron chi connectivity index (χ3n) is 3.99. The Bertz CT molecular complexity index is 525. The Labute approximate surface area is 118 Å². The van der Waals surface area contributed by atoms with Gasteiger partial charge in [-0.2, -0.15) is 4.74 Å². The quantitative estimate of drug-likeness (QED) is 0.669. The highest BCUT2D eigenvalue weighted by Crippen LogP contribution is 2.36. The van der Waals surface area contributed by atoms with Crippen LogP contribution in [0.15, 0.2) is 24.3 Å². The molecule has 1 aromatic carbocycles. The molecule has 1 N–H and O–H groups in total. The molecule has 2 rings (SSSR count). The average molecular weight is 283 g/mol. The molecular formula is C14H19ClN2O2. The van der Waals surface area contributed by atoms with Gasteiger partial charge in [0.15, 0.2) is 0 Å². The molecule has 1 atom stereocenters. The van der Waals surface area contributed by atoms with Gasteiger partial charge in [-0.1, -0.05) is 18.5 Å². The van der Waals surface area contributed by atoms with Crippen LogP contribution >= 0.6 is 11.6 Å². The summed E-state index contributed by atoms with van der Waals surface area (Å²) >= 11 is 5.88. The lowest BCUT2D eigenvalue weighted by molar-refractivity contribution is -0.586. The van der Waals surface area contributed by atoms with Gasteiger partial charge in [-0.25, -0.2) is 0 Å². The molecule has 1 aliphatic heterocycles. The van der Waals surface area contributed by atoms with Gasteiger partial charge in [-0.15, -0.1) is 5.06 Å². The van der Waals surface area contributed by atoms with Crippen molar-refractivity contribution in [2.24, 2.45) is 0 Å². The van der Waals surface area contributed by atoms with Gasteiger partial charge in [-0.3, -0.25) is 0 Å². The number of hydrogen-bond donors (Lipinski definition) is 1. The highest BCUT2D eigenvalue weighted by Gasteiger charge is 2.58. The molecule has 1 aliphatic rings. The fourth-order valence-electron chi connectivity index (χ4n) is 2.65. The molecule has 0 aromatic heterocycles. The van der Waals surface area contributed by atoms with Gasteiger partial charge in [0.1, 0.15) is 5.54 Å². The Morgan fingerprint density at radius 3 is 2.21 bits per heavy atom. The van der Waals surface area contributed by atoms with E-state index in [-0.39, 0.29) is 0 Å². The van der Waals surface area contributed by atoms with Crippen molar-refractivity contribution < 1.29 is 9.95 Å². The van der Waals surface area contributed by atoms with Crippen LogP contribution in [0.5, 0.6) is 0 Å². The van der Waals surface area contributed by atoms with Gasteiger partial charge in [-0.05, 0) is 38.1 Å². The Balaban J connectivity index is 2.62. The zero-order chi connectivity index (χ0) is 14.4. The van der Waals surface area contributed by atoms with E-state index >= 15 is 0 Å². The zero-order valence-electron chi connectivity index (χ0n) is 11.6. The van der Waals surface area contributed by atoms with E-state index in [9.17, 15) is 10.4 Å². The van der Waals surface area contributed by atoms with Gasteiger partial charge < -0.3 is 10.4 Å². The predicted octanol–water partition coefficient (Wildman–Crippen LogP) is 3.25. The second-order valence-corrected chi connectivity index (χ2v) is 6.03. The molecule has 4 nitrogen and oxygen atoms in total. The van der Waals surface area contributed by atoms with Crippen LogP contribution in [-0.2, 0) is 0 Å². The summed E-state index contributed by atoms with van der Waals surface area (Å²) in [4.78, 5) is 0. The maximum atomic E-state index is 12.6. The average Bonchev–Trinajstić information content (AvgIpc) is 2.51. The van der Waals surface area contributed by atoms with Crippen molar-refractivity contribution in [3.63, 3.8) is 0 Å². The first-order valence-corrected chi connectivity index (χ1v) is 6.73. The Hall–Kier alpha value is -1.10. The molecule has 0 saturated carbocycles. The van der Waals surface area contributed by atoms with E-state index in [1.165, 1.54) is 0 Å². The molecule has 0 aliphatic carbocycles. The number of hydroxylamine groups is 3. The molecule has 0 fully saturated rings. The highest BCUT2D eigenvalue weighted by atomic mass is 35.5. The molecule has 1 heterocycles. The van der Waals surface area contributed by atoms with E-state index in [2.05, 4.69) is 0 Å². The largest absolute Gasteiger partial charge is 0.622 e. The molecule has 5 heteroatoms. The van der Waals surface area contributed by atoms with E-state index in [1.807, 2.05) is 20.8 Å². The molecule has 0 spiro atoms. The van der Waals surface area contributed by atoms with E-state index in [4.69, 9.17) is 11.6 Å². The van der Waals surface area contributed by atoms with Crippen molar-refractivity contribution >= 4 is 17.3 Å². The number of nitrogens with zero attached hydrogens (tertiary/aromatic N) is 2. The maximum absolute atomic E-state index is 12.6. The SMILES string of the molecule is CC[C@@]1(C)N(O)C(C)(C)C(c2ccc(Cl)cc2)=[N+]1[O-]. The van der Waals surface area contributed by atoms with E-state index < -0.39 is 11.2 Å². The zero-order valence-corrected chi connectivity index (χ0v) is 12.4. The summed E-state index contributed by atoms with van der Waals surface area (Å²) in [7, 11) is 0. The predicted molar refractivity (Wildman–Crippen MR) is 75.6 cm³/mol. The van der Waals surface area contributed by atoms with Crippen molar-refractivity contribution in [2.45, 2.75) is 45.3 Å². The lowest BCUT2D eigenvalue weighted by atomic mass is 9.92. The van der Waals surface area contributed by atoms with Crippen LogP contribution in [-0.4, -0.2) is 31.9 Å². The monoisotopic (exact) mass is 282 g/mol. The maximum Gasteiger partial charge on any atom is 0.248 e. The Morgan fingerprint density at radius 1 is 1.26 bits per heavy atom. The summed E-state index contributed by atoms with van der Waals surface area (Å²) in [6, 6.07) is 7.10. The Morgan fingerprint density at radius 2 is 1.79 bits per heavy atom. The highest BCUT2D eigenvalue weighted by molar-refractivity contribution is 6.30.